The highest BCUT2D eigenvalue weighted by Crippen LogP contribution is 2.29. The molecular weight excluding hydrogens is 256 g/mol. The Balaban J connectivity index is 2.52. The largest absolute Gasteiger partial charge is 0.506 e. The summed E-state index contributed by atoms with van der Waals surface area (Å²) in [6.45, 7) is 3.41. The second-order valence-corrected chi connectivity index (χ2v) is 4.78. The van der Waals surface area contributed by atoms with E-state index in [1.54, 1.807) is 26.0 Å². The fraction of sp³-hybridized carbons (Fsp3) is 0.133. The molecular formula is C15H16N2O3. The van der Waals surface area contributed by atoms with Crippen LogP contribution in [0.5, 0.6) is 11.5 Å². The lowest BCUT2D eigenvalue weighted by atomic mass is 9.98. The van der Waals surface area contributed by atoms with E-state index in [1.807, 2.05) is 0 Å². The molecule has 0 saturated heterocycles. The minimum Gasteiger partial charge on any atom is -0.506 e. The Morgan fingerprint density at radius 1 is 0.850 bits per heavy atom. The topological polar surface area (TPSA) is 110 Å². The lowest BCUT2D eigenvalue weighted by Gasteiger charge is -2.09. The molecule has 0 saturated carbocycles. The highest BCUT2D eigenvalue weighted by Gasteiger charge is 2.15. The monoisotopic (exact) mass is 272 g/mol. The summed E-state index contributed by atoms with van der Waals surface area (Å²) in [4.78, 5) is 12.4. The second kappa shape index (κ2) is 4.77. The molecule has 0 aromatic heterocycles. The van der Waals surface area contributed by atoms with Crippen molar-refractivity contribution in [3.8, 4) is 11.5 Å². The zero-order chi connectivity index (χ0) is 15.0. The van der Waals surface area contributed by atoms with Gasteiger partial charge in [0.05, 0.1) is 11.4 Å². The van der Waals surface area contributed by atoms with Gasteiger partial charge in [0.25, 0.3) is 0 Å². The van der Waals surface area contributed by atoms with Crippen LogP contribution >= 0.6 is 0 Å². The quantitative estimate of drug-likeness (QED) is 0.380. The van der Waals surface area contributed by atoms with Gasteiger partial charge in [-0.3, -0.25) is 4.79 Å². The molecule has 0 amide bonds. The summed E-state index contributed by atoms with van der Waals surface area (Å²) in [7, 11) is 0. The predicted molar refractivity (Wildman–Crippen MR) is 77.9 cm³/mol. The third-order valence-electron chi connectivity index (χ3n) is 3.25. The van der Waals surface area contributed by atoms with Crippen LogP contribution in [0.4, 0.5) is 11.4 Å². The summed E-state index contributed by atoms with van der Waals surface area (Å²) in [6, 6.07) is 5.82. The van der Waals surface area contributed by atoms with Crippen LogP contribution in [0.15, 0.2) is 24.3 Å². The van der Waals surface area contributed by atoms with E-state index in [0.29, 0.717) is 22.3 Å². The fourth-order valence-electron chi connectivity index (χ4n) is 1.99. The number of aryl methyl sites for hydroxylation is 2. The molecule has 2 rings (SSSR count). The molecule has 0 atom stereocenters. The third-order valence-corrected chi connectivity index (χ3v) is 3.25. The molecule has 0 radical (unpaired) electrons. The zero-order valence-corrected chi connectivity index (χ0v) is 11.3. The molecule has 104 valence electrons. The summed E-state index contributed by atoms with van der Waals surface area (Å²) in [5, 5.41) is 19.4. The number of phenols is 2. The smallest absolute Gasteiger partial charge is 0.193 e. The lowest BCUT2D eigenvalue weighted by Crippen LogP contribution is -2.04. The van der Waals surface area contributed by atoms with Crippen molar-refractivity contribution < 1.29 is 15.0 Å². The Morgan fingerprint density at radius 2 is 1.20 bits per heavy atom. The van der Waals surface area contributed by atoms with Crippen molar-refractivity contribution in [1.29, 1.82) is 0 Å². The highest BCUT2D eigenvalue weighted by atomic mass is 16.3. The second-order valence-electron chi connectivity index (χ2n) is 4.78. The zero-order valence-electron chi connectivity index (χ0n) is 11.3. The van der Waals surface area contributed by atoms with Crippen molar-refractivity contribution in [3.63, 3.8) is 0 Å². The number of nitrogens with two attached hydrogens (primary N) is 2. The van der Waals surface area contributed by atoms with E-state index in [0.717, 1.165) is 0 Å². The van der Waals surface area contributed by atoms with Gasteiger partial charge in [-0.15, -0.1) is 0 Å². The first-order chi connectivity index (χ1) is 9.31. The molecule has 0 aliphatic rings. The number of hydrogen-bond acceptors (Lipinski definition) is 5. The maximum absolute atomic E-state index is 12.4. The number of ketones is 1. The molecule has 5 nitrogen and oxygen atoms in total. The molecule has 2 aromatic carbocycles. The van der Waals surface area contributed by atoms with Gasteiger partial charge in [-0.25, -0.2) is 0 Å². The number of aromatic hydroxyl groups is 2. The average molecular weight is 272 g/mol. The average Bonchev–Trinajstić information content (AvgIpc) is 2.40. The van der Waals surface area contributed by atoms with Crippen LogP contribution in [0.25, 0.3) is 0 Å². The lowest BCUT2D eigenvalue weighted by molar-refractivity contribution is 0.103. The minimum absolute atomic E-state index is 0.135. The summed E-state index contributed by atoms with van der Waals surface area (Å²) >= 11 is 0. The SMILES string of the molecule is Cc1cc(C(=O)c2cc(C)c(N)c(O)c2)cc(O)c1N. The maximum atomic E-state index is 12.4. The number of phenolic OH excluding ortho intramolecular Hbond substituents is 2. The number of anilines is 2. The van der Waals surface area contributed by atoms with Crippen molar-refractivity contribution in [2.75, 3.05) is 11.5 Å². The summed E-state index contributed by atoms with van der Waals surface area (Å²) in [6.07, 6.45) is 0. The molecule has 0 bridgehead atoms. The van der Waals surface area contributed by atoms with E-state index in [-0.39, 0.29) is 28.7 Å². The minimum atomic E-state index is -0.318. The van der Waals surface area contributed by atoms with Crippen LogP contribution in [-0.4, -0.2) is 16.0 Å². The molecule has 6 N–H and O–H groups in total. The van der Waals surface area contributed by atoms with Crippen LogP contribution < -0.4 is 11.5 Å². The Kier molecular flexibility index (Phi) is 3.28. The Labute approximate surface area is 116 Å². The summed E-state index contributed by atoms with van der Waals surface area (Å²) in [5.41, 5.74) is 13.6. The summed E-state index contributed by atoms with van der Waals surface area (Å²) in [5.74, 6) is -0.587. The Bertz CT molecular complexity index is 603. The van der Waals surface area contributed by atoms with Crippen molar-refractivity contribution in [2.24, 2.45) is 0 Å². The number of benzene rings is 2. The van der Waals surface area contributed by atoms with Gasteiger partial charge in [-0.2, -0.15) is 0 Å². The predicted octanol–water partition coefficient (Wildman–Crippen LogP) is 2.11. The number of nitrogen functional groups attached to an aromatic ring is 2. The van der Waals surface area contributed by atoms with Gasteiger partial charge < -0.3 is 21.7 Å². The first kappa shape index (κ1) is 13.7. The highest BCUT2D eigenvalue weighted by molar-refractivity contribution is 6.10. The number of hydrogen-bond donors (Lipinski definition) is 4. The van der Waals surface area contributed by atoms with Crippen LogP contribution in [0, 0.1) is 13.8 Å². The Morgan fingerprint density at radius 3 is 1.50 bits per heavy atom. The molecule has 0 spiro atoms. The first-order valence-corrected chi connectivity index (χ1v) is 6.04. The number of rotatable bonds is 2. The van der Waals surface area contributed by atoms with Crippen LogP contribution in [-0.2, 0) is 0 Å². The standard InChI is InChI=1S/C15H16N2O3/c1-7-3-9(5-11(18)13(7)16)15(20)10-4-8(2)14(17)12(19)6-10/h3-6,18-19H,16-17H2,1-2H3. The van der Waals surface area contributed by atoms with E-state index >= 15 is 0 Å². The van der Waals surface area contributed by atoms with Crippen molar-refractivity contribution >= 4 is 17.2 Å². The molecule has 5 heteroatoms. The summed E-state index contributed by atoms with van der Waals surface area (Å²) < 4.78 is 0. The van der Waals surface area contributed by atoms with Crippen molar-refractivity contribution in [1.82, 2.24) is 0 Å². The van der Waals surface area contributed by atoms with Gasteiger partial charge in [-0.1, -0.05) is 0 Å². The molecule has 2 aromatic rings. The van der Waals surface area contributed by atoms with Crippen LogP contribution in [0.1, 0.15) is 27.0 Å². The van der Waals surface area contributed by atoms with Crippen LogP contribution in [0.3, 0.4) is 0 Å². The van der Waals surface area contributed by atoms with Gasteiger partial charge >= 0.3 is 0 Å². The van der Waals surface area contributed by atoms with Crippen LogP contribution in [0.2, 0.25) is 0 Å². The van der Waals surface area contributed by atoms with E-state index in [2.05, 4.69) is 0 Å². The molecule has 20 heavy (non-hydrogen) atoms. The van der Waals surface area contributed by atoms with Gasteiger partial charge in [0.2, 0.25) is 0 Å². The van der Waals surface area contributed by atoms with Gasteiger partial charge in [0.15, 0.2) is 5.78 Å². The van der Waals surface area contributed by atoms with Crippen molar-refractivity contribution in [2.45, 2.75) is 13.8 Å². The van der Waals surface area contributed by atoms with Gasteiger partial charge in [-0.05, 0) is 49.2 Å². The molecule has 0 aliphatic carbocycles. The molecule has 0 unspecified atom stereocenters. The number of carbonyl (C=O) groups excluding carboxylic acids is 1. The molecule has 0 aliphatic heterocycles. The number of carbonyl (C=O) groups is 1. The van der Waals surface area contributed by atoms with E-state index < -0.39 is 0 Å². The normalized spacial score (nSPS) is 10.5. The maximum Gasteiger partial charge on any atom is 0.193 e. The van der Waals surface area contributed by atoms with E-state index in [9.17, 15) is 15.0 Å². The van der Waals surface area contributed by atoms with Crippen molar-refractivity contribution in [3.05, 3.63) is 46.5 Å². The third kappa shape index (κ3) is 2.25. The Hall–Kier alpha value is -2.69. The van der Waals surface area contributed by atoms with Gasteiger partial charge in [0, 0.05) is 11.1 Å². The van der Waals surface area contributed by atoms with Gasteiger partial charge in [0.1, 0.15) is 11.5 Å². The van der Waals surface area contributed by atoms with E-state index in [4.69, 9.17) is 11.5 Å². The molecule has 0 fully saturated rings. The van der Waals surface area contributed by atoms with E-state index in [1.165, 1.54) is 12.1 Å². The fourth-order valence-corrected chi connectivity index (χ4v) is 1.99. The first-order valence-electron chi connectivity index (χ1n) is 6.04. The molecule has 0 heterocycles.